The fraction of sp³-hybridized carbons (Fsp3) is 0.286. The monoisotopic (exact) mass is 618 g/mol. The van der Waals surface area contributed by atoms with E-state index in [2.05, 4.69) is 21.2 Å². The van der Waals surface area contributed by atoms with Crippen LogP contribution < -0.4 is 9.62 Å². The van der Waals surface area contributed by atoms with Gasteiger partial charge in [-0.25, -0.2) is 8.70 Å². The maximum Gasteiger partial charge on any atom is 0.304 e. The van der Waals surface area contributed by atoms with Crippen LogP contribution in [0.1, 0.15) is 18.1 Å². The maximum absolute atomic E-state index is 14.8. The Balaban J connectivity index is 2.08. The Morgan fingerprint density at radius 2 is 1.54 bits per heavy atom. The van der Waals surface area contributed by atoms with Gasteiger partial charge in [0.1, 0.15) is 18.4 Å². The molecule has 11 heteroatoms. The fourth-order valence-electron chi connectivity index (χ4n) is 3.99. The van der Waals surface area contributed by atoms with E-state index in [0.717, 1.165) is 30.3 Å². The number of likely N-dealkylation sites (N-methyl/N-ethyl adjacent to an activating group) is 1. The van der Waals surface area contributed by atoms with E-state index in [9.17, 15) is 22.4 Å². The maximum atomic E-state index is 14.8. The van der Waals surface area contributed by atoms with Crippen LogP contribution >= 0.6 is 15.9 Å². The largest absolute Gasteiger partial charge is 0.355 e. The quantitative estimate of drug-likeness (QED) is 0.332. The van der Waals surface area contributed by atoms with Gasteiger partial charge >= 0.3 is 10.2 Å². The highest BCUT2D eigenvalue weighted by atomic mass is 79.9. The van der Waals surface area contributed by atoms with Crippen LogP contribution in [-0.4, -0.2) is 62.7 Å². The first kappa shape index (κ1) is 30.3. The second-order valence-corrected chi connectivity index (χ2v) is 12.0. The van der Waals surface area contributed by atoms with Crippen molar-refractivity contribution in [3.8, 4) is 0 Å². The molecule has 3 aromatic rings. The number of nitrogens with one attached hydrogen (secondary N) is 1. The van der Waals surface area contributed by atoms with Gasteiger partial charge in [-0.15, -0.1) is 0 Å². The summed E-state index contributed by atoms with van der Waals surface area (Å²) in [5, 5.41) is 2.80. The number of benzene rings is 3. The van der Waals surface area contributed by atoms with Crippen molar-refractivity contribution in [3.63, 3.8) is 0 Å². The lowest BCUT2D eigenvalue weighted by Gasteiger charge is -2.34. The third-order valence-electron chi connectivity index (χ3n) is 6.03. The summed E-state index contributed by atoms with van der Waals surface area (Å²) in [5.74, 6) is -1.82. The number of para-hydroxylation sites is 1. The van der Waals surface area contributed by atoms with Crippen molar-refractivity contribution >= 4 is 43.6 Å². The van der Waals surface area contributed by atoms with Crippen LogP contribution in [0.2, 0.25) is 0 Å². The van der Waals surface area contributed by atoms with Crippen molar-refractivity contribution in [2.24, 2.45) is 0 Å². The average Bonchev–Trinajstić information content (AvgIpc) is 2.91. The molecular weight excluding hydrogens is 587 g/mol. The summed E-state index contributed by atoms with van der Waals surface area (Å²) >= 11 is 3.40. The lowest BCUT2D eigenvalue weighted by Crippen LogP contribution is -2.54. The van der Waals surface area contributed by atoms with E-state index in [1.807, 2.05) is 54.6 Å². The van der Waals surface area contributed by atoms with Gasteiger partial charge in [0.25, 0.3) is 0 Å². The van der Waals surface area contributed by atoms with Gasteiger partial charge in [0.2, 0.25) is 11.8 Å². The van der Waals surface area contributed by atoms with Crippen LogP contribution in [0, 0.1) is 5.82 Å². The number of amides is 2. The van der Waals surface area contributed by atoms with Crippen molar-refractivity contribution in [2.75, 3.05) is 31.5 Å². The minimum atomic E-state index is -4.26. The zero-order valence-corrected chi connectivity index (χ0v) is 24.5. The molecule has 1 unspecified atom stereocenters. The molecule has 0 radical (unpaired) electrons. The smallest absolute Gasteiger partial charge is 0.304 e. The first-order valence-electron chi connectivity index (χ1n) is 12.3. The number of rotatable bonds is 12. The van der Waals surface area contributed by atoms with Crippen LogP contribution in [0.15, 0.2) is 83.3 Å². The van der Waals surface area contributed by atoms with E-state index in [1.54, 1.807) is 6.92 Å². The molecule has 0 saturated heterocycles. The van der Waals surface area contributed by atoms with E-state index in [4.69, 9.17) is 0 Å². The fourth-order valence-corrected chi connectivity index (χ4v) is 5.32. The molecular formula is C28H32BrFN4O4S. The van der Waals surface area contributed by atoms with Crippen molar-refractivity contribution in [3.05, 3.63) is 100 Å². The minimum absolute atomic E-state index is 0.0356. The molecule has 0 aliphatic carbocycles. The molecule has 0 fully saturated rings. The minimum Gasteiger partial charge on any atom is -0.355 e. The van der Waals surface area contributed by atoms with Crippen LogP contribution in [0.4, 0.5) is 10.1 Å². The van der Waals surface area contributed by atoms with Crippen LogP contribution in [0.25, 0.3) is 0 Å². The van der Waals surface area contributed by atoms with Crippen LogP contribution in [0.3, 0.4) is 0 Å². The van der Waals surface area contributed by atoms with Crippen molar-refractivity contribution in [2.45, 2.75) is 25.9 Å². The predicted octanol–water partition coefficient (Wildman–Crippen LogP) is 3.98. The van der Waals surface area contributed by atoms with Gasteiger partial charge in [-0.1, -0.05) is 70.5 Å². The Hall–Kier alpha value is -3.28. The van der Waals surface area contributed by atoms with Gasteiger partial charge in [-0.05, 0) is 42.3 Å². The average molecular weight is 620 g/mol. The summed E-state index contributed by atoms with van der Waals surface area (Å²) in [6.45, 7) is 1.46. The number of anilines is 1. The summed E-state index contributed by atoms with van der Waals surface area (Å²) in [5.41, 5.74) is 1.30. The first-order valence-corrected chi connectivity index (χ1v) is 14.5. The van der Waals surface area contributed by atoms with Crippen LogP contribution in [0.5, 0.6) is 0 Å². The van der Waals surface area contributed by atoms with Crippen LogP contribution in [-0.2, 0) is 32.8 Å². The van der Waals surface area contributed by atoms with Crippen molar-refractivity contribution in [1.29, 1.82) is 0 Å². The number of carbonyl (C=O) groups excluding carboxylic acids is 2. The summed E-state index contributed by atoms with van der Waals surface area (Å²) in [6, 6.07) is 20.9. The van der Waals surface area contributed by atoms with Gasteiger partial charge in [0.05, 0.1) is 5.69 Å². The van der Waals surface area contributed by atoms with E-state index in [1.165, 1.54) is 37.2 Å². The van der Waals surface area contributed by atoms with Crippen molar-refractivity contribution < 1.29 is 22.4 Å². The highest BCUT2D eigenvalue weighted by molar-refractivity contribution is 9.10. The molecule has 3 rings (SSSR count). The molecule has 3 aromatic carbocycles. The first-order chi connectivity index (χ1) is 18.5. The second kappa shape index (κ2) is 13.7. The number of hydrogen-bond donors (Lipinski definition) is 1. The molecule has 0 heterocycles. The number of halogens is 2. The highest BCUT2D eigenvalue weighted by Gasteiger charge is 2.35. The molecule has 0 spiro atoms. The molecule has 208 valence electrons. The van der Waals surface area contributed by atoms with Gasteiger partial charge in [-0.3, -0.25) is 9.59 Å². The van der Waals surface area contributed by atoms with Gasteiger partial charge in [-0.2, -0.15) is 12.7 Å². The third kappa shape index (κ3) is 7.87. The Morgan fingerprint density at radius 1 is 0.923 bits per heavy atom. The number of carbonyl (C=O) groups is 2. The van der Waals surface area contributed by atoms with Gasteiger partial charge < -0.3 is 10.2 Å². The molecule has 0 saturated carbocycles. The SMILES string of the molecule is CCNC(=O)C(Cc1ccccc1)N(Cc1ccc(Br)cc1)C(=O)CN(c1ccccc1F)S(=O)(=O)N(C)C. The van der Waals surface area contributed by atoms with Crippen molar-refractivity contribution in [1.82, 2.24) is 14.5 Å². The Bertz CT molecular complexity index is 1370. The summed E-state index contributed by atoms with van der Waals surface area (Å²) < 4.78 is 43.8. The lowest BCUT2D eigenvalue weighted by molar-refractivity contribution is -0.140. The highest BCUT2D eigenvalue weighted by Crippen LogP contribution is 2.24. The summed E-state index contributed by atoms with van der Waals surface area (Å²) in [7, 11) is -1.65. The third-order valence-corrected chi connectivity index (χ3v) is 8.36. The van der Waals surface area contributed by atoms with E-state index >= 15 is 0 Å². The molecule has 0 bridgehead atoms. The van der Waals surface area contributed by atoms with E-state index < -0.39 is 34.5 Å². The van der Waals surface area contributed by atoms with E-state index in [-0.39, 0.29) is 24.6 Å². The lowest BCUT2D eigenvalue weighted by atomic mass is 10.0. The number of nitrogens with zero attached hydrogens (tertiary/aromatic N) is 3. The molecule has 1 N–H and O–H groups in total. The van der Waals surface area contributed by atoms with Gasteiger partial charge in [0, 0.05) is 38.1 Å². The molecule has 39 heavy (non-hydrogen) atoms. The van der Waals surface area contributed by atoms with Gasteiger partial charge in [0.15, 0.2) is 0 Å². The molecule has 0 aliphatic rings. The molecule has 2 amide bonds. The molecule has 0 aromatic heterocycles. The standard InChI is InChI=1S/C28H32BrFN4O4S/c1-4-31-28(36)26(18-21-10-6-5-7-11-21)33(19-22-14-16-23(29)17-15-22)27(35)20-34(39(37,38)32(2)3)25-13-9-8-12-24(25)30/h5-17,26H,4,18-20H2,1-3H3,(H,31,36). The Morgan fingerprint density at radius 3 is 2.13 bits per heavy atom. The normalized spacial score (nSPS) is 12.2. The summed E-state index contributed by atoms with van der Waals surface area (Å²) in [4.78, 5) is 28.7. The topological polar surface area (TPSA) is 90.0 Å². The Kier molecular flexibility index (Phi) is 10.6. The van der Waals surface area contributed by atoms with E-state index in [0.29, 0.717) is 6.54 Å². The molecule has 1 atom stereocenters. The molecule has 8 nitrogen and oxygen atoms in total. The molecule has 0 aliphatic heterocycles. The zero-order chi connectivity index (χ0) is 28.6. The predicted molar refractivity (Wildman–Crippen MR) is 154 cm³/mol. The summed E-state index contributed by atoms with van der Waals surface area (Å²) in [6.07, 6.45) is 0.203. The Labute approximate surface area is 237 Å². The number of hydrogen-bond acceptors (Lipinski definition) is 4. The second-order valence-electron chi connectivity index (χ2n) is 9.00. The zero-order valence-electron chi connectivity index (χ0n) is 22.1.